The number of methoxy groups -OCH3 is 2. The van der Waals surface area contributed by atoms with Gasteiger partial charge in [0.2, 0.25) is 0 Å². The average Bonchev–Trinajstić information content (AvgIpc) is 2.62. The number of carbonyl (C=O) groups is 2. The van der Waals surface area contributed by atoms with Crippen LogP contribution in [0.5, 0.6) is 17.2 Å². The van der Waals surface area contributed by atoms with Crippen molar-refractivity contribution in [3.8, 4) is 17.2 Å². The van der Waals surface area contributed by atoms with Crippen molar-refractivity contribution in [2.24, 2.45) is 0 Å². The van der Waals surface area contributed by atoms with Crippen LogP contribution in [-0.4, -0.2) is 33.0 Å². The van der Waals surface area contributed by atoms with Crippen molar-refractivity contribution in [1.29, 1.82) is 0 Å². The third-order valence-electron chi connectivity index (χ3n) is 3.33. The lowest BCUT2D eigenvalue weighted by molar-refractivity contribution is 0.102. The minimum absolute atomic E-state index is 0.347. The van der Waals surface area contributed by atoms with Gasteiger partial charge in [-0.25, -0.2) is 0 Å². The van der Waals surface area contributed by atoms with Gasteiger partial charge in [-0.05, 0) is 43.3 Å². The van der Waals surface area contributed by atoms with Gasteiger partial charge >= 0.3 is 0 Å². The van der Waals surface area contributed by atoms with E-state index in [1.54, 1.807) is 36.4 Å². The molecule has 126 valence electrons. The Balaban J connectivity index is 2.30. The summed E-state index contributed by atoms with van der Waals surface area (Å²) in [7, 11) is 3.02. The van der Waals surface area contributed by atoms with E-state index in [0.29, 0.717) is 47.0 Å². The predicted octanol–water partition coefficient (Wildman–Crippen LogP) is 3.17. The second-order valence-corrected chi connectivity index (χ2v) is 4.83. The number of aldehydes is 1. The van der Waals surface area contributed by atoms with Crippen LogP contribution in [0.25, 0.3) is 0 Å². The van der Waals surface area contributed by atoms with E-state index in [9.17, 15) is 9.59 Å². The van der Waals surface area contributed by atoms with Crippen LogP contribution in [0.15, 0.2) is 36.4 Å². The zero-order valence-electron chi connectivity index (χ0n) is 13.8. The third kappa shape index (κ3) is 3.84. The van der Waals surface area contributed by atoms with Crippen molar-refractivity contribution < 1.29 is 23.8 Å². The molecule has 0 saturated carbocycles. The van der Waals surface area contributed by atoms with Crippen molar-refractivity contribution in [3.05, 3.63) is 47.5 Å². The second-order valence-electron chi connectivity index (χ2n) is 4.83. The first kappa shape index (κ1) is 17.3. The van der Waals surface area contributed by atoms with E-state index in [1.807, 2.05) is 6.92 Å². The maximum Gasteiger partial charge on any atom is 0.255 e. The molecule has 1 N–H and O–H groups in total. The van der Waals surface area contributed by atoms with Crippen LogP contribution in [0, 0.1) is 0 Å². The van der Waals surface area contributed by atoms with E-state index < -0.39 is 0 Å². The standard InChI is InChI=1S/C18H19NO5/c1-4-24-15-7-5-12(11-20)9-14(15)19-18(21)13-6-8-16(22-2)17(10-13)23-3/h5-11H,4H2,1-3H3,(H,19,21). The van der Waals surface area contributed by atoms with E-state index in [1.165, 1.54) is 14.2 Å². The molecule has 2 rings (SSSR count). The van der Waals surface area contributed by atoms with Crippen LogP contribution in [0.4, 0.5) is 5.69 Å². The Hall–Kier alpha value is -3.02. The number of anilines is 1. The molecule has 0 aliphatic heterocycles. The highest BCUT2D eigenvalue weighted by molar-refractivity contribution is 6.05. The molecule has 0 aliphatic carbocycles. The van der Waals surface area contributed by atoms with Gasteiger partial charge in [-0.1, -0.05) is 0 Å². The van der Waals surface area contributed by atoms with Crippen LogP contribution in [0.1, 0.15) is 27.6 Å². The summed E-state index contributed by atoms with van der Waals surface area (Å²) >= 11 is 0. The van der Waals surface area contributed by atoms with Crippen LogP contribution < -0.4 is 19.5 Å². The summed E-state index contributed by atoms with van der Waals surface area (Å²) < 4.78 is 15.8. The molecule has 0 saturated heterocycles. The molecule has 2 aromatic rings. The molecule has 0 radical (unpaired) electrons. The number of hydrogen-bond acceptors (Lipinski definition) is 5. The summed E-state index contributed by atoms with van der Waals surface area (Å²) in [6.07, 6.45) is 0.710. The van der Waals surface area contributed by atoms with Crippen molar-refractivity contribution in [3.63, 3.8) is 0 Å². The molecular formula is C18H19NO5. The highest BCUT2D eigenvalue weighted by atomic mass is 16.5. The molecule has 0 spiro atoms. The minimum atomic E-state index is -0.347. The molecule has 0 atom stereocenters. The Bertz CT molecular complexity index is 742. The van der Waals surface area contributed by atoms with Gasteiger partial charge in [-0.15, -0.1) is 0 Å². The van der Waals surface area contributed by atoms with Gasteiger partial charge in [0, 0.05) is 11.1 Å². The first-order valence-corrected chi connectivity index (χ1v) is 7.38. The van der Waals surface area contributed by atoms with Crippen molar-refractivity contribution in [2.75, 3.05) is 26.1 Å². The van der Waals surface area contributed by atoms with Gasteiger partial charge in [0.25, 0.3) is 5.91 Å². The summed E-state index contributed by atoms with van der Waals surface area (Å²) in [6.45, 7) is 2.28. The largest absolute Gasteiger partial charge is 0.493 e. The topological polar surface area (TPSA) is 73.9 Å². The summed E-state index contributed by atoms with van der Waals surface area (Å²) in [4.78, 5) is 23.4. The van der Waals surface area contributed by atoms with Gasteiger partial charge < -0.3 is 19.5 Å². The van der Waals surface area contributed by atoms with Crippen molar-refractivity contribution >= 4 is 17.9 Å². The predicted molar refractivity (Wildman–Crippen MR) is 90.5 cm³/mol. The third-order valence-corrected chi connectivity index (χ3v) is 3.33. The number of ether oxygens (including phenoxy) is 3. The SMILES string of the molecule is CCOc1ccc(C=O)cc1NC(=O)c1ccc(OC)c(OC)c1. The molecule has 24 heavy (non-hydrogen) atoms. The zero-order chi connectivity index (χ0) is 17.5. The molecule has 2 aromatic carbocycles. The van der Waals surface area contributed by atoms with Gasteiger partial charge in [-0.2, -0.15) is 0 Å². The number of nitrogens with one attached hydrogen (secondary N) is 1. The highest BCUT2D eigenvalue weighted by Gasteiger charge is 2.13. The van der Waals surface area contributed by atoms with Gasteiger partial charge in [0.15, 0.2) is 11.5 Å². The summed E-state index contributed by atoms with van der Waals surface area (Å²) in [5, 5.41) is 2.76. The summed E-state index contributed by atoms with van der Waals surface area (Å²) in [6, 6.07) is 9.70. The van der Waals surface area contributed by atoms with E-state index in [4.69, 9.17) is 14.2 Å². The molecule has 6 nitrogen and oxygen atoms in total. The Morgan fingerprint density at radius 1 is 1.04 bits per heavy atom. The van der Waals surface area contributed by atoms with Gasteiger partial charge in [-0.3, -0.25) is 9.59 Å². The van der Waals surface area contributed by atoms with Crippen LogP contribution in [-0.2, 0) is 0 Å². The first-order valence-electron chi connectivity index (χ1n) is 7.38. The lowest BCUT2D eigenvalue weighted by Gasteiger charge is -2.13. The monoisotopic (exact) mass is 329 g/mol. The van der Waals surface area contributed by atoms with Crippen molar-refractivity contribution in [1.82, 2.24) is 0 Å². The smallest absolute Gasteiger partial charge is 0.255 e. The van der Waals surface area contributed by atoms with E-state index >= 15 is 0 Å². The Morgan fingerprint density at radius 2 is 1.75 bits per heavy atom. The maximum absolute atomic E-state index is 12.5. The number of amides is 1. The van der Waals surface area contributed by atoms with E-state index in [2.05, 4.69) is 5.32 Å². The van der Waals surface area contributed by atoms with Gasteiger partial charge in [0.05, 0.1) is 26.5 Å². The molecule has 0 aromatic heterocycles. The zero-order valence-corrected chi connectivity index (χ0v) is 13.8. The normalized spacial score (nSPS) is 9.96. The fraction of sp³-hybridized carbons (Fsp3) is 0.222. The fourth-order valence-electron chi connectivity index (χ4n) is 2.17. The lowest BCUT2D eigenvalue weighted by Crippen LogP contribution is -2.13. The number of carbonyl (C=O) groups excluding carboxylic acids is 2. The molecular weight excluding hydrogens is 310 g/mol. The van der Waals surface area contributed by atoms with E-state index in [-0.39, 0.29) is 5.91 Å². The van der Waals surface area contributed by atoms with Crippen molar-refractivity contribution in [2.45, 2.75) is 6.92 Å². The Labute approximate surface area is 140 Å². The van der Waals surface area contributed by atoms with E-state index in [0.717, 1.165) is 0 Å². The Morgan fingerprint density at radius 3 is 2.38 bits per heavy atom. The van der Waals surface area contributed by atoms with Crippen LogP contribution in [0.3, 0.4) is 0 Å². The molecule has 0 fully saturated rings. The molecule has 0 heterocycles. The molecule has 0 bridgehead atoms. The molecule has 6 heteroatoms. The van der Waals surface area contributed by atoms with Crippen LogP contribution >= 0.6 is 0 Å². The Kier molecular flexibility index (Phi) is 5.78. The first-order chi connectivity index (χ1) is 11.6. The molecule has 1 amide bonds. The lowest BCUT2D eigenvalue weighted by atomic mass is 10.1. The summed E-state index contributed by atoms with van der Waals surface area (Å²) in [5.41, 5.74) is 1.27. The highest BCUT2D eigenvalue weighted by Crippen LogP contribution is 2.29. The average molecular weight is 329 g/mol. The number of benzene rings is 2. The maximum atomic E-state index is 12.5. The summed E-state index contributed by atoms with van der Waals surface area (Å²) in [5.74, 6) is 1.14. The quantitative estimate of drug-likeness (QED) is 0.790. The van der Waals surface area contributed by atoms with Crippen LogP contribution in [0.2, 0.25) is 0 Å². The minimum Gasteiger partial charge on any atom is -0.493 e. The number of rotatable bonds is 7. The fourth-order valence-corrected chi connectivity index (χ4v) is 2.17. The molecule has 0 aliphatic rings. The second kappa shape index (κ2) is 8.01. The molecule has 0 unspecified atom stereocenters. The number of hydrogen-bond donors (Lipinski definition) is 1. The van der Waals surface area contributed by atoms with Gasteiger partial charge in [0.1, 0.15) is 12.0 Å².